The van der Waals surface area contributed by atoms with Gasteiger partial charge in [-0.25, -0.2) is 0 Å². The summed E-state index contributed by atoms with van der Waals surface area (Å²) in [4.78, 5) is 13.9. The number of rotatable bonds is 7. The quantitative estimate of drug-likeness (QED) is 0.811. The Morgan fingerprint density at radius 2 is 1.70 bits per heavy atom. The highest BCUT2D eigenvalue weighted by Gasteiger charge is 2.18. The Hall–Kier alpha value is -1.95. The molecule has 0 saturated carbocycles. The maximum Gasteiger partial charge on any atom is 0.253 e. The number of carbonyl (C=O) groups is 1. The summed E-state index contributed by atoms with van der Waals surface area (Å²) < 4.78 is 15.7. The van der Waals surface area contributed by atoms with E-state index in [-0.39, 0.29) is 5.91 Å². The van der Waals surface area contributed by atoms with Crippen LogP contribution in [-0.4, -0.2) is 52.3 Å². The Labute approximate surface area is 119 Å². The normalized spacial score (nSPS) is 10.1. The summed E-state index contributed by atoms with van der Waals surface area (Å²) in [7, 11) is 6.30. The number of carbonyl (C=O) groups excluding carboxylic acids is 1. The third-order valence-corrected chi connectivity index (χ3v) is 2.96. The van der Waals surface area contributed by atoms with Crippen LogP contribution in [0.4, 0.5) is 0 Å². The lowest BCUT2D eigenvalue weighted by molar-refractivity contribution is 0.0793. The molecule has 0 bridgehead atoms. The van der Waals surface area contributed by atoms with Crippen molar-refractivity contribution in [3.05, 3.63) is 17.7 Å². The highest BCUT2D eigenvalue weighted by Crippen LogP contribution is 2.38. The van der Waals surface area contributed by atoms with Crippen molar-refractivity contribution in [2.24, 2.45) is 5.73 Å². The summed E-state index contributed by atoms with van der Waals surface area (Å²) in [5, 5.41) is 0. The maximum atomic E-state index is 12.3. The molecule has 0 spiro atoms. The summed E-state index contributed by atoms with van der Waals surface area (Å²) in [6.07, 6.45) is 0.757. The first-order valence-electron chi connectivity index (χ1n) is 6.34. The lowest BCUT2D eigenvalue weighted by Gasteiger charge is -2.19. The third kappa shape index (κ3) is 3.54. The Balaban J connectivity index is 3.09. The first-order valence-corrected chi connectivity index (χ1v) is 6.34. The Morgan fingerprint density at radius 3 is 2.10 bits per heavy atom. The van der Waals surface area contributed by atoms with Crippen molar-refractivity contribution >= 4 is 5.91 Å². The van der Waals surface area contributed by atoms with Crippen LogP contribution in [0.2, 0.25) is 0 Å². The van der Waals surface area contributed by atoms with Gasteiger partial charge in [0.25, 0.3) is 5.91 Å². The van der Waals surface area contributed by atoms with Crippen molar-refractivity contribution in [1.29, 1.82) is 0 Å². The van der Waals surface area contributed by atoms with Crippen LogP contribution in [0.15, 0.2) is 12.1 Å². The number of methoxy groups -OCH3 is 3. The average molecular weight is 282 g/mol. The number of hydrogen-bond donors (Lipinski definition) is 1. The topological polar surface area (TPSA) is 74.0 Å². The van der Waals surface area contributed by atoms with E-state index in [0.717, 1.165) is 6.42 Å². The van der Waals surface area contributed by atoms with Gasteiger partial charge in [-0.15, -0.1) is 0 Å². The highest BCUT2D eigenvalue weighted by atomic mass is 16.5. The molecule has 1 amide bonds. The first kappa shape index (κ1) is 16.1. The standard InChI is InChI=1S/C14H22N2O4/c1-16(7-5-6-15)14(17)10-8-11(18-2)13(20-4)12(9-10)19-3/h8-9H,5-7,15H2,1-4H3. The zero-order valence-corrected chi connectivity index (χ0v) is 12.4. The van der Waals surface area contributed by atoms with Gasteiger partial charge in [0.2, 0.25) is 5.75 Å². The minimum absolute atomic E-state index is 0.113. The van der Waals surface area contributed by atoms with Crippen molar-refractivity contribution in [3.63, 3.8) is 0 Å². The summed E-state index contributed by atoms with van der Waals surface area (Å²) in [5.74, 6) is 1.28. The molecule has 2 N–H and O–H groups in total. The fourth-order valence-corrected chi connectivity index (χ4v) is 1.85. The predicted molar refractivity (Wildman–Crippen MR) is 76.7 cm³/mol. The Bertz CT molecular complexity index is 437. The third-order valence-electron chi connectivity index (χ3n) is 2.96. The fourth-order valence-electron chi connectivity index (χ4n) is 1.85. The summed E-state index contributed by atoms with van der Waals surface area (Å²) in [5.41, 5.74) is 5.94. The SMILES string of the molecule is COc1cc(C(=O)N(C)CCCN)cc(OC)c1OC. The molecular weight excluding hydrogens is 260 g/mol. The molecule has 0 aromatic heterocycles. The number of nitrogens with zero attached hydrogens (tertiary/aromatic N) is 1. The van der Waals surface area contributed by atoms with Gasteiger partial charge in [-0.1, -0.05) is 0 Å². The average Bonchev–Trinajstić information content (AvgIpc) is 2.49. The molecule has 0 radical (unpaired) electrons. The van der Waals surface area contributed by atoms with E-state index in [9.17, 15) is 4.79 Å². The number of nitrogens with two attached hydrogens (primary N) is 1. The van der Waals surface area contributed by atoms with Crippen molar-refractivity contribution in [3.8, 4) is 17.2 Å². The molecule has 0 heterocycles. The molecule has 112 valence electrons. The smallest absolute Gasteiger partial charge is 0.253 e. The van der Waals surface area contributed by atoms with E-state index in [4.69, 9.17) is 19.9 Å². The van der Waals surface area contributed by atoms with Gasteiger partial charge in [0.1, 0.15) is 0 Å². The van der Waals surface area contributed by atoms with Gasteiger partial charge in [0.15, 0.2) is 11.5 Å². The van der Waals surface area contributed by atoms with Crippen LogP contribution in [0.5, 0.6) is 17.2 Å². The molecule has 0 unspecified atom stereocenters. The molecule has 6 nitrogen and oxygen atoms in total. The molecule has 1 aromatic carbocycles. The van der Waals surface area contributed by atoms with Crippen molar-refractivity contribution < 1.29 is 19.0 Å². The molecule has 0 atom stereocenters. The van der Waals surface area contributed by atoms with Crippen LogP contribution in [0.1, 0.15) is 16.8 Å². The van der Waals surface area contributed by atoms with E-state index >= 15 is 0 Å². The molecule has 1 aromatic rings. The van der Waals surface area contributed by atoms with Crippen LogP contribution in [0, 0.1) is 0 Å². The van der Waals surface area contributed by atoms with E-state index in [1.165, 1.54) is 21.3 Å². The molecule has 0 aliphatic rings. The minimum atomic E-state index is -0.113. The number of ether oxygens (including phenoxy) is 3. The van der Waals surface area contributed by atoms with E-state index in [1.54, 1.807) is 24.1 Å². The molecule has 20 heavy (non-hydrogen) atoms. The van der Waals surface area contributed by atoms with Gasteiger partial charge in [-0.3, -0.25) is 4.79 Å². The summed E-state index contributed by atoms with van der Waals surface area (Å²) >= 11 is 0. The second-order valence-corrected chi connectivity index (χ2v) is 4.28. The lowest BCUT2D eigenvalue weighted by Crippen LogP contribution is -2.29. The van der Waals surface area contributed by atoms with Crippen LogP contribution in [0.3, 0.4) is 0 Å². The molecule has 0 aliphatic carbocycles. The lowest BCUT2D eigenvalue weighted by atomic mass is 10.1. The van der Waals surface area contributed by atoms with Gasteiger partial charge in [-0.05, 0) is 25.1 Å². The van der Waals surface area contributed by atoms with Crippen molar-refractivity contribution in [2.45, 2.75) is 6.42 Å². The largest absolute Gasteiger partial charge is 0.493 e. The second kappa shape index (κ2) is 7.59. The molecule has 0 fully saturated rings. The molecule has 6 heteroatoms. The van der Waals surface area contributed by atoms with Crippen molar-refractivity contribution in [2.75, 3.05) is 41.5 Å². The highest BCUT2D eigenvalue weighted by molar-refractivity contribution is 5.95. The monoisotopic (exact) mass is 282 g/mol. The minimum Gasteiger partial charge on any atom is -0.493 e. The van der Waals surface area contributed by atoms with Crippen LogP contribution < -0.4 is 19.9 Å². The maximum absolute atomic E-state index is 12.3. The Kier molecular flexibility index (Phi) is 6.11. The zero-order valence-electron chi connectivity index (χ0n) is 12.4. The van der Waals surface area contributed by atoms with Crippen LogP contribution >= 0.6 is 0 Å². The molecule has 0 aliphatic heterocycles. The number of amides is 1. The number of hydrogen-bond acceptors (Lipinski definition) is 5. The molecular formula is C14H22N2O4. The van der Waals surface area contributed by atoms with Gasteiger partial charge < -0.3 is 24.8 Å². The first-order chi connectivity index (χ1) is 9.58. The van der Waals surface area contributed by atoms with Crippen molar-refractivity contribution in [1.82, 2.24) is 4.90 Å². The van der Waals surface area contributed by atoms with E-state index < -0.39 is 0 Å². The Morgan fingerprint density at radius 1 is 1.15 bits per heavy atom. The molecule has 1 rings (SSSR count). The van der Waals surface area contributed by atoms with E-state index in [1.807, 2.05) is 0 Å². The number of benzene rings is 1. The van der Waals surface area contributed by atoms with E-state index in [0.29, 0.717) is 35.9 Å². The molecule has 0 saturated heterocycles. The second-order valence-electron chi connectivity index (χ2n) is 4.28. The summed E-state index contributed by atoms with van der Waals surface area (Å²) in [6, 6.07) is 3.28. The fraction of sp³-hybridized carbons (Fsp3) is 0.500. The van der Waals surface area contributed by atoms with Gasteiger partial charge >= 0.3 is 0 Å². The van der Waals surface area contributed by atoms with Gasteiger partial charge in [0.05, 0.1) is 21.3 Å². The predicted octanol–water partition coefficient (Wildman–Crippen LogP) is 1.13. The van der Waals surface area contributed by atoms with E-state index in [2.05, 4.69) is 0 Å². The van der Waals surface area contributed by atoms with Gasteiger partial charge in [-0.2, -0.15) is 0 Å². The van der Waals surface area contributed by atoms with Crippen LogP contribution in [-0.2, 0) is 0 Å². The zero-order chi connectivity index (χ0) is 15.1. The summed E-state index contributed by atoms with van der Waals surface area (Å²) in [6.45, 7) is 1.15. The van der Waals surface area contributed by atoms with Gasteiger partial charge in [0, 0.05) is 19.2 Å². The van der Waals surface area contributed by atoms with Crippen LogP contribution in [0.25, 0.3) is 0 Å².